The van der Waals surface area contributed by atoms with Crippen molar-refractivity contribution in [2.75, 3.05) is 7.11 Å². The van der Waals surface area contributed by atoms with Crippen LogP contribution in [-0.2, 0) is 0 Å². The van der Waals surface area contributed by atoms with Crippen LogP contribution >= 0.6 is 11.3 Å². The van der Waals surface area contributed by atoms with Crippen molar-refractivity contribution in [1.82, 2.24) is 4.98 Å². The summed E-state index contributed by atoms with van der Waals surface area (Å²) in [5, 5.41) is 21.4. The Morgan fingerprint density at radius 1 is 1.29 bits per heavy atom. The van der Waals surface area contributed by atoms with Crippen LogP contribution in [0.15, 0.2) is 30.3 Å². The molecule has 7 heteroatoms. The Labute approximate surface area is 141 Å². The number of benzene rings is 2. The number of ether oxygens (including phenoxy) is 1. The number of nitrogens with zero attached hydrogens (tertiary/aromatic N) is 2. The van der Waals surface area contributed by atoms with Gasteiger partial charge in [-0.3, -0.25) is 10.1 Å². The molecule has 0 amide bonds. The topological polar surface area (TPSA) is 85.5 Å². The van der Waals surface area contributed by atoms with Gasteiger partial charge in [0.15, 0.2) is 11.5 Å². The number of hydrogen-bond acceptors (Lipinski definition) is 6. The van der Waals surface area contributed by atoms with E-state index in [0.717, 1.165) is 20.8 Å². The molecule has 6 nitrogen and oxygen atoms in total. The van der Waals surface area contributed by atoms with Crippen molar-refractivity contribution in [1.29, 1.82) is 0 Å². The summed E-state index contributed by atoms with van der Waals surface area (Å²) in [6.07, 6.45) is 3.68. The van der Waals surface area contributed by atoms with Gasteiger partial charge in [-0.2, -0.15) is 0 Å². The van der Waals surface area contributed by atoms with Crippen molar-refractivity contribution < 1.29 is 14.8 Å². The molecular weight excluding hydrogens is 328 g/mol. The molecule has 1 aromatic heterocycles. The van der Waals surface area contributed by atoms with Gasteiger partial charge in [-0.1, -0.05) is 12.1 Å². The number of fused-ring (bicyclic) bond motifs is 1. The van der Waals surface area contributed by atoms with Crippen molar-refractivity contribution in [3.8, 4) is 11.5 Å². The summed E-state index contributed by atoms with van der Waals surface area (Å²) in [7, 11) is 1.49. The predicted molar refractivity (Wildman–Crippen MR) is 94.6 cm³/mol. The average Bonchev–Trinajstić information content (AvgIpc) is 2.94. The number of methoxy groups -OCH3 is 1. The van der Waals surface area contributed by atoms with Crippen LogP contribution in [0.3, 0.4) is 0 Å². The molecule has 0 radical (unpaired) electrons. The fourth-order valence-corrected chi connectivity index (χ4v) is 3.20. The largest absolute Gasteiger partial charge is 0.504 e. The maximum Gasteiger partial charge on any atom is 0.273 e. The normalized spacial score (nSPS) is 11.2. The fourth-order valence-electron chi connectivity index (χ4n) is 2.32. The summed E-state index contributed by atoms with van der Waals surface area (Å²) < 4.78 is 5.85. The Morgan fingerprint density at radius 3 is 2.79 bits per heavy atom. The first kappa shape index (κ1) is 15.9. The van der Waals surface area contributed by atoms with Gasteiger partial charge in [-0.05, 0) is 36.8 Å². The van der Waals surface area contributed by atoms with Crippen LogP contribution in [0.4, 0.5) is 5.69 Å². The molecule has 0 saturated heterocycles. The molecule has 0 atom stereocenters. The summed E-state index contributed by atoms with van der Waals surface area (Å²) in [4.78, 5) is 15.1. The summed E-state index contributed by atoms with van der Waals surface area (Å²) in [5.74, 6) is 0.477. The number of aromatic hydroxyl groups is 1. The second-order valence-corrected chi connectivity index (χ2v) is 6.24. The number of aryl methyl sites for hydroxylation is 1. The van der Waals surface area contributed by atoms with Crippen molar-refractivity contribution >= 4 is 39.4 Å². The van der Waals surface area contributed by atoms with Crippen LogP contribution in [-0.4, -0.2) is 22.1 Å². The quantitative estimate of drug-likeness (QED) is 0.561. The molecular formula is C17H14N2O4S. The van der Waals surface area contributed by atoms with E-state index < -0.39 is 0 Å². The summed E-state index contributed by atoms with van der Waals surface area (Å²) >= 11 is 1.39. The van der Waals surface area contributed by atoms with Crippen molar-refractivity contribution in [2.24, 2.45) is 0 Å². The third-order valence-corrected chi connectivity index (χ3v) is 4.52. The zero-order valence-corrected chi connectivity index (χ0v) is 13.8. The molecule has 2 aromatic carbocycles. The minimum atomic E-state index is -0.382. The van der Waals surface area contributed by atoms with Gasteiger partial charge in [-0.15, -0.1) is 11.3 Å². The average molecular weight is 342 g/mol. The van der Waals surface area contributed by atoms with E-state index in [2.05, 4.69) is 4.98 Å². The van der Waals surface area contributed by atoms with Crippen LogP contribution in [0, 0.1) is 17.0 Å². The van der Waals surface area contributed by atoms with E-state index in [0.29, 0.717) is 11.3 Å². The molecule has 0 unspecified atom stereocenters. The van der Waals surface area contributed by atoms with Gasteiger partial charge in [0.25, 0.3) is 5.69 Å². The SMILES string of the molecule is COc1cc(/C=C/c2nc3cc(C)c([N+](=O)[O-])cc3s2)ccc1O. The lowest BCUT2D eigenvalue weighted by Crippen LogP contribution is -1.90. The molecule has 0 aliphatic carbocycles. The van der Waals surface area contributed by atoms with E-state index in [1.807, 2.05) is 12.2 Å². The summed E-state index contributed by atoms with van der Waals surface area (Å²) in [6, 6.07) is 8.32. The molecule has 1 N–H and O–H groups in total. The maximum absolute atomic E-state index is 11.0. The Balaban J connectivity index is 1.94. The third kappa shape index (κ3) is 3.07. The molecule has 0 fully saturated rings. The minimum Gasteiger partial charge on any atom is -0.504 e. The molecule has 122 valence electrons. The number of nitro benzene ring substituents is 1. The first-order chi connectivity index (χ1) is 11.5. The van der Waals surface area contributed by atoms with Crippen molar-refractivity contribution in [2.45, 2.75) is 6.92 Å². The number of nitro groups is 1. The standard InChI is InChI=1S/C17H14N2O4S/c1-10-7-12-16(9-13(10)19(21)22)24-17(18-12)6-4-11-3-5-14(20)15(8-11)23-2/h3-9,20H,1-2H3/b6-4+. The van der Waals surface area contributed by atoms with Gasteiger partial charge < -0.3 is 9.84 Å². The number of phenols is 1. The van der Waals surface area contributed by atoms with E-state index in [9.17, 15) is 15.2 Å². The van der Waals surface area contributed by atoms with Crippen LogP contribution in [0.2, 0.25) is 0 Å². The highest BCUT2D eigenvalue weighted by molar-refractivity contribution is 7.19. The fraction of sp³-hybridized carbons (Fsp3) is 0.118. The van der Waals surface area contributed by atoms with Crippen LogP contribution in [0.5, 0.6) is 11.5 Å². The second kappa shape index (κ2) is 6.29. The lowest BCUT2D eigenvalue weighted by molar-refractivity contribution is -0.385. The van der Waals surface area contributed by atoms with Gasteiger partial charge in [0.1, 0.15) is 5.01 Å². The number of hydrogen-bond donors (Lipinski definition) is 1. The molecule has 0 aliphatic rings. The first-order valence-electron chi connectivity index (χ1n) is 7.08. The van der Waals surface area contributed by atoms with Crippen molar-refractivity contribution in [3.63, 3.8) is 0 Å². The molecule has 0 bridgehead atoms. The predicted octanol–water partition coefficient (Wildman–Crippen LogP) is 4.40. The molecule has 3 aromatic rings. The highest BCUT2D eigenvalue weighted by Gasteiger charge is 2.14. The van der Waals surface area contributed by atoms with Gasteiger partial charge in [0.05, 0.1) is 22.2 Å². The molecule has 3 rings (SSSR count). The molecule has 0 spiro atoms. The van der Waals surface area contributed by atoms with Crippen LogP contribution in [0.25, 0.3) is 22.4 Å². The molecule has 1 heterocycles. The zero-order valence-electron chi connectivity index (χ0n) is 13.0. The Hall–Kier alpha value is -2.93. The van der Waals surface area contributed by atoms with E-state index in [-0.39, 0.29) is 16.4 Å². The van der Waals surface area contributed by atoms with Gasteiger partial charge >= 0.3 is 0 Å². The van der Waals surface area contributed by atoms with Gasteiger partial charge in [-0.25, -0.2) is 4.98 Å². The number of thiazole rings is 1. The van der Waals surface area contributed by atoms with Gasteiger partial charge in [0.2, 0.25) is 0 Å². The third-order valence-electron chi connectivity index (χ3n) is 3.54. The van der Waals surface area contributed by atoms with Crippen molar-refractivity contribution in [3.05, 3.63) is 56.6 Å². The Kier molecular flexibility index (Phi) is 4.18. The summed E-state index contributed by atoms with van der Waals surface area (Å²) in [5.41, 5.74) is 2.29. The molecule has 24 heavy (non-hydrogen) atoms. The highest BCUT2D eigenvalue weighted by atomic mass is 32.1. The second-order valence-electron chi connectivity index (χ2n) is 5.18. The van der Waals surface area contributed by atoms with E-state index in [1.165, 1.54) is 18.4 Å². The van der Waals surface area contributed by atoms with Gasteiger partial charge in [0, 0.05) is 11.6 Å². The number of aromatic nitrogens is 1. The van der Waals surface area contributed by atoms with E-state index in [4.69, 9.17) is 4.74 Å². The lowest BCUT2D eigenvalue weighted by atomic mass is 10.2. The summed E-state index contributed by atoms with van der Waals surface area (Å²) in [6.45, 7) is 1.70. The van der Waals surface area contributed by atoms with E-state index in [1.54, 1.807) is 37.3 Å². The Bertz CT molecular complexity index is 963. The number of rotatable bonds is 4. The Morgan fingerprint density at radius 2 is 2.08 bits per heavy atom. The highest BCUT2D eigenvalue weighted by Crippen LogP contribution is 2.31. The molecule has 0 aliphatic heterocycles. The van der Waals surface area contributed by atoms with E-state index >= 15 is 0 Å². The minimum absolute atomic E-state index is 0.0809. The molecule has 0 saturated carbocycles. The number of phenolic OH excluding ortho intramolecular Hbond substituents is 1. The maximum atomic E-state index is 11.0. The van der Waals surface area contributed by atoms with Crippen LogP contribution in [0.1, 0.15) is 16.1 Å². The first-order valence-corrected chi connectivity index (χ1v) is 7.90. The van der Waals surface area contributed by atoms with Crippen LogP contribution < -0.4 is 4.74 Å². The lowest BCUT2D eigenvalue weighted by Gasteiger charge is -2.03. The zero-order chi connectivity index (χ0) is 17.3. The monoisotopic (exact) mass is 342 g/mol. The smallest absolute Gasteiger partial charge is 0.273 e.